The standard InChI is InChI=1S/C9H13N3O3/c1-6(10)8(13)9(12(14)15)4-2-7(11)3-5-9/h2-4,6H,5,10-11H2,1H3/t6-,9?/m0/s1. The van der Waals surface area contributed by atoms with Crippen LogP contribution in [-0.2, 0) is 4.79 Å². The minimum absolute atomic E-state index is 0.0390. The van der Waals surface area contributed by atoms with Crippen molar-refractivity contribution in [2.24, 2.45) is 11.5 Å². The maximum absolute atomic E-state index is 11.7. The van der Waals surface area contributed by atoms with Gasteiger partial charge in [-0.05, 0) is 13.0 Å². The molecule has 1 rings (SSSR count). The Labute approximate surface area is 86.8 Å². The van der Waals surface area contributed by atoms with Gasteiger partial charge >= 0.3 is 5.54 Å². The van der Waals surface area contributed by atoms with E-state index in [2.05, 4.69) is 0 Å². The topological polar surface area (TPSA) is 112 Å². The Bertz CT molecular complexity index is 360. The third-order valence-corrected chi connectivity index (χ3v) is 2.37. The highest BCUT2D eigenvalue weighted by atomic mass is 16.6. The van der Waals surface area contributed by atoms with Crippen LogP contribution in [0.25, 0.3) is 0 Å². The lowest BCUT2D eigenvalue weighted by molar-refractivity contribution is -0.537. The number of nitrogens with two attached hydrogens (primary N) is 2. The van der Waals surface area contributed by atoms with Crippen LogP contribution >= 0.6 is 0 Å². The average molecular weight is 211 g/mol. The molecule has 0 aromatic carbocycles. The zero-order chi connectivity index (χ0) is 11.6. The number of carbonyl (C=O) groups excluding carboxylic acids is 1. The third kappa shape index (κ3) is 1.89. The first-order valence-electron chi connectivity index (χ1n) is 4.49. The van der Waals surface area contributed by atoms with Crippen LogP contribution < -0.4 is 11.5 Å². The van der Waals surface area contributed by atoms with Crippen molar-refractivity contribution in [2.75, 3.05) is 0 Å². The van der Waals surface area contributed by atoms with Crippen molar-refractivity contribution in [3.63, 3.8) is 0 Å². The number of Topliss-reactive ketones (excluding diaryl/α,β-unsaturated/α-hetero) is 1. The fourth-order valence-corrected chi connectivity index (χ4v) is 1.45. The molecule has 0 spiro atoms. The molecule has 0 aromatic rings. The van der Waals surface area contributed by atoms with E-state index in [9.17, 15) is 14.9 Å². The Morgan fingerprint density at radius 2 is 2.33 bits per heavy atom. The summed E-state index contributed by atoms with van der Waals surface area (Å²) >= 11 is 0. The van der Waals surface area contributed by atoms with E-state index in [4.69, 9.17) is 11.5 Å². The molecule has 0 bridgehead atoms. The zero-order valence-electron chi connectivity index (χ0n) is 8.34. The van der Waals surface area contributed by atoms with Crippen molar-refractivity contribution < 1.29 is 9.72 Å². The fourth-order valence-electron chi connectivity index (χ4n) is 1.45. The van der Waals surface area contributed by atoms with Gasteiger partial charge in [0.1, 0.15) is 0 Å². The Kier molecular flexibility index (Phi) is 2.90. The second-order valence-corrected chi connectivity index (χ2v) is 3.58. The smallest absolute Gasteiger partial charge is 0.302 e. The second-order valence-electron chi connectivity index (χ2n) is 3.58. The summed E-state index contributed by atoms with van der Waals surface area (Å²) in [7, 11) is 0. The van der Waals surface area contributed by atoms with Gasteiger partial charge in [-0.3, -0.25) is 14.9 Å². The molecule has 1 aliphatic carbocycles. The van der Waals surface area contributed by atoms with Gasteiger partial charge in [-0.2, -0.15) is 0 Å². The molecule has 0 heterocycles. The molecule has 2 atom stereocenters. The van der Waals surface area contributed by atoms with Crippen LogP contribution in [0.2, 0.25) is 0 Å². The van der Waals surface area contributed by atoms with Gasteiger partial charge in [0.05, 0.1) is 6.04 Å². The maximum atomic E-state index is 11.7. The summed E-state index contributed by atoms with van der Waals surface area (Å²) in [6, 6.07) is -0.868. The summed E-state index contributed by atoms with van der Waals surface area (Å²) < 4.78 is 0. The van der Waals surface area contributed by atoms with Gasteiger partial charge in [0, 0.05) is 23.1 Å². The molecule has 0 aromatic heterocycles. The SMILES string of the molecule is C[C@H](N)C(=O)C1([N+](=O)[O-])C=CC(N)=CC1. The molecule has 0 saturated carbocycles. The van der Waals surface area contributed by atoms with E-state index in [1.807, 2.05) is 0 Å². The highest BCUT2D eigenvalue weighted by Gasteiger charge is 2.49. The van der Waals surface area contributed by atoms with Crippen molar-refractivity contribution in [3.05, 3.63) is 34.0 Å². The van der Waals surface area contributed by atoms with Crippen LogP contribution in [0, 0.1) is 10.1 Å². The minimum Gasteiger partial charge on any atom is -0.399 e. The zero-order valence-corrected chi connectivity index (χ0v) is 8.34. The van der Waals surface area contributed by atoms with Gasteiger partial charge in [0.15, 0.2) is 0 Å². The number of carbonyl (C=O) groups is 1. The Balaban J connectivity index is 3.09. The number of rotatable bonds is 3. The number of ketones is 1. The van der Waals surface area contributed by atoms with E-state index in [0.717, 1.165) is 0 Å². The first-order chi connectivity index (χ1) is 6.90. The molecular formula is C9H13N3O3. The summed E-state index contributed by atoms with van der Waals surface area (Å²) in [4.78, 5) is 22.0. The number of allylic oxidation sites excluding steroid dienone is 1. The molecule has 4 N–H and O–H groups in total. The molecule has 0 fully saturated rings. The third-order valence-electron chi connectivity index (χ3n) is 2.37. The van der Waals surface area contributed by atoms with Crippen LogP contribution in [0.15, 0.2) is 23.9 Å². The number of nitrogens with zero attached hydrogens (tertiary/aromatic N) is 1. The van der Waals surface area contributed by atoms with E-state index in [0.29, 0.717) is 5.70 Å². The molecular weight excluding hydrogens is 198 g/mol. The lowest BCUT2D eigenvalue weighted by Crippen LogP contribution is -2.52. The maximum Gasteiger partial charge on any atom is 0.302 e. The molecule has 1 unspecified atom stereocenters. The lowest BCUT2D eigenvalue weighted by Gasteiger charge is -2.23. The summed E-state index contributed by atoms with van der Waals surface area (Å²) in [5.74, 6) is -0.604. The summed E-state index contributed by atoms with van der Waals surface area (Å²) in [5, 5.41) is 10.9. The fraction of sp³-hybridized carbons (Fsp3) is 0.444. The van der Waals surface area contributed by atoms with Crippen LogP contribution in [0.1, 0.15) is 13.3 Å². The average Bonchev–Trinajstić information content (AvgIpc) is 2.17. The van der Waals surface area contributed by atoms with Gasteiger partial charge in [-0.1, -0.05) is 6.08 Å². The summed E-state index contributed by atoms with van der Waals surface area (Å²) in [6.07, 6.45) is 4.01. The van der Waals surface area contributed by atoms with Crippen LogP contribution in [0.4, 0.5) is 0 Å². The molecule has 0 radical (unpaired) electrons. The predicted octanol–water partition coefficient (Wildman–Crippen LogP) is -0.279. The van der Waals surface area contributed by atoms with E-state index in [1.165, 1.54) is 25.2 Å². The molecule has 6 nitrogen and oxygen atoms in total. The van der Waals surface area contributed by atoms with Gasteiger partial charge in [0.2, 0.25) is 5.78 Å². The van der Waals surface area contributed by atoms with Gasteiger partial charge < -0.3 is 11.5 Å². The molecule has 6 heteroatoms. The Morgan fingerprint density at radius 3 is 2.67 bits per heavy atom. The van der Waals surface area contributed by atoms with Crippen molar-refractivity contribution >= 4 is 5.78 Å². The van der Waals surface area contributed by atoms with Crippen LogP contribution in [0.5, 0.6) is 0 Å². The molecule has 82 valence electrons. The van der Waals surface area contributed by atoms with Gasteiger partial charge in [-0.25, -0.2) is 0 Å². The molecule has 0 aliphatic heterocycles. The molecule has 0 saturated heterocycles. The largest absolute Gasteiger partial charge is 0.399 e. The van der Waals surface area contributed by atoms with E-state index in [1.54, 1.807) is 0 Å². The predicted molar refractivity (Wildman–Crippen MR) is 54.4 cm³/mol. The second kappa shape index (κ2) is 3.82. The van der Waals surface area contributed by atoms with Crippen molar-refractivity contribution in [1.82, 2.24) is 0 Å². The van der Waals surface area contributed by atoms with Gasteiger partial charge in [0.25, 0.3) is 0 Å². The normalized spacial score (nSPS) is 26.9. The van der Waals surface area contributed by atoms with E-state index >= 15 is 0 Å². The first-order valence-corrected chi connectivity index (χ1v) is 4.49. The Hall–Kier alpha value is -1.69. The van der Waals surface area contributed by atoms with Crippen molar-refractivity contribution in [1.29, 1.82) is 0 Å². The molecule has 1 aliphatic rings. The Morgan fingerprint density at radius 1 is 1.73 bits per heavy atom. The highest BCUT2D eigenvalue weighted by Crippen LogP contribution is 2.25. The highest BCUT2D eigenvalue weighted by molar-refractivity contribution is 5.93. The quantitative estimate of drug-likeness (QED) is 0.492. The minimum atomic E-state index is -1.74. The van der Waals surface area contributed by atoms with E-state index < -0.39 is 22.3 Å². The van der Waals surface area contributed by atoms with E-state index in [-0.39, 0.29) is 6.42 Å². The molecule has 0 amide bonds. The van der Waals surface area contributed by atoms with Crippen LogP contribution in [-0.4, -0.2) is 22.3 Å². The lowest BCUT2D eigenvalue weighted by atomic mass is 9.84. The van der Waals surface area contributed by atoms with Crippen molar-refractivity contribution in [3.8, 4) is 0 Å². The number of nitro groups is 1. The monoisotopic (exact) mass is 211 g/mol. The van der Waals surface area contributed by atoms with Crippen LogP contribution in [0.3, 0.4) is 0 Å². The van der Waals surface area contributed by atoms with Gasteiger partial charge in [-0.15, -0.1) is 0 Å². The number of hydrogen-bond donors (Lipinski definition) is 2. The van der Waals surface area contributed by atoms with Crippen molar-refractivity contribution in [2.45, 2.75) is 24.9 Å². The summed E-state index contributed by atoms with van der Waals surface area (Å²) in [6.45, 7) is 1.43. The first kappa shape index (κ1) is 11.4. The number of hydrogen-bond acceptors (Lipinski definition) is 5. The molecule has 15 heavy (non-hydrogen) atoms. The summed E-state index contributed by atoms with van der Waals surface area (Å²) in [5.41, 5.74) is 9.51.